The average Bonchev–Trinajstić information content (AvgIpc) is 3.14. The number of nitrogens with one attached hydrogen (secondary N) is 2. The van der Waals surface area contributed by atoms with Gasteiger partial charge < -0.3 is 15.0 Å². The Hall–Kier alpha value is -4.00. The number of carbonyl (C=O) groups is 2. The van der Waals surface area contributed by atoms with Crippen LogP contribution in [0, 0.1) is 12.7 Å². The van der Waals surface area contributed by atoms with Crippen LogP contribution in [0.2, 0.25) is 0 Å². The van der Waals surface area contributed by atoms with Gasteiger partial charge in [0, 0.05) is 28.8 Å². The van der Waals surface area contributed by atoms with Gasteiger partial charge in [0.1, 0.15) is 17.2 Å². The number of carbonyl (C=O) groups excluding carboxylic acids is 2. The minimum Gasteiger partial charge on any atom is -0.322 e. The van der Waals surface area contributed by atoms with Crippen molar-refractivity contribution in [2.24, 2.45) is 0 Å². The molecule has 29 heavy (non-hydrogen) atoms. The molecule has 2 N–H and O–H groups in total. The third-order valence-corrected chi connectivity index (χ3v) is 4.39. The first-order valence-electron chi connectivity index (χ1n) is 8.93. The lowest BCUT2D eigenvalue weighted by molar-refractivity contribution is 0.101. The fraction of sp³-hybridized carbons (Fsp3) is 0.0455. The van der Waals surface area contributed by atoms with Gasteiger partial charge >= 0.3 is 0 Å². The van der Waals surface area contributed by atoms with E-state index in [1.807, 2.05) is 29.5 Å². The second-order valence-electron chi connectivity index (χ2n) is 6.52. The van der Waals surface area contributed by atoms with Crippen molar-refractivity contribution in [3.05, 3.63) is 95.7 Å². The second kappa shape index (κ2) is 7.55. The fourth-order valence-electron chi connectivity index (χ4n) is 2.96. The number of imidazole rings is 1. The van der Waals surface area contributed by atoms with Crippen molar-refractivity contribution in [1.29, 1.82) is 0 Å². The Morgan fingerprint density at radius 1 is 0.897 bits per heavy atom. The lowest BCUT2D eigenvalue weighted by atomic mass is 10.1. The summed E-state index contributed by atoms with van der Waals surface area (Å²) < 4.78 is 15.1. The van der Waals surface area contributed by atoms with E-state index in [4.69, 9.17) is 0 Å². The van der Waals surface area contributed by atoms with Crippen molar-refractivity contribution >= 4 is 28.8 Å². The molecule has 0 saturated heterocycles. The smallest absolute Gasteiger partial charge is 0.275 e. The number of benzene rings is 2. The number of hydrogen-bond acceptors (Lipinski definition) is 3. The van der Waals surface area contributed by atoms with Crippen LogP contribution in [0.4, 0.5) is 15.8 Å². The van der Waals surface area contributed by atoms with Crippen LogP contribution in [0.15, 0.2) is 72.9 Å². The molecule has 0 radical (unpaired) electrons. The Bertz CT molecular complexity index is 1230. The van der Waals surface area contributed by atoms with Gasteiger partial charge in [0.15, 0.2) is 0 Å². The van der Waals surface area contributed by atoms with Gasteiger partial charge in [-0.05, 0) is 55.5 Å². The normalized spacial score (nSPS) is 10.7. The Morgan fingerprint density at radius 3 is 2.34 bits per heavy atom. The van der Waals surface area contributed by atoms with E-state index in [9.17, 15) is 14.0 Å². The molecule has 0 bridgehead atoms. The minimum absolute atomic E-state index is 0.272. The summed E-state index contributed by atoms with van der Waals surface area (Å²) in [6.45, 7) is 1.93. The third-order valence-electron chi connectivity index (χ3n) is 4.39. The van der Waals surface area contributed by atoms with Gasteiger partial charge in [-0.15, -0.1) is 0 Å². The standard InChI is InChI=1S/C22H17FN4O2/c1-14-5-2-10-20-26-19(13-27(14)20)22(29)25-17-8-3-6-15(11-17)21(28)24-18-9-4-7-16(23)12-18/h2-13H,1H3,(H,24,28)(H,25,29). The van der Waals surface area contributed by atoms with Crippen molar-refractivity contribution in [2.75, 3.05) is 10.6 Å². The number of anilines is 2. The quantitative estimate of drug-likeness (QED) is 0.548. The van der Waals surface area contributed by atoms with Gasteiger partial charge in [-0.3, -0.25) is 9.59 Å². The van der Waals surface area contributed by atoms with E-state index in [1.54, 1.807) is 36.5 Å². The van der Waals surface area contributed by atoms with Crippen LogP contribution < -0.4 is 10.6 Å². The molecule has 0 aliphatic heterocycles. The van der Waals surface area contributed by atoms with Crippen molar-refractivity contribution < 1.29 is 14.0 Å². The molecule has 0 unspecified atom stereocenters. The van der Waals surface area contributed by atoms with Gasteiger partial charge in [0.05, 0.1) is 0 Å². The summed E-state index contributed by atoms with van der Waals surface area (Å²) in [6, 6.07) is 17.8. The molecule has 0 aliphatic carbocycles. The topological polar surface area (TPSA) is 75.5 Å². The predicted molar refractivity (Wildman–Crippen MR) is 109 cm³/mol. The molecule has 144 valence electrons. The van der Waals surface area contributed by atoms with E-state index < -0.39 is 11.7 Å². The maximum Gasteiger partial charge on any atom is 0.275 e. The second-order valence-corrected chi connectivity index (χ2v) is 6.52. The fourth-order valence-corrected chi connectivity index (χ4v) is 2.96. The summed E-state index contributed by atoms with van der Waals surface area (Å²) in [5, 5.41) is 5.38. The van der Waals surface area contributed by atoms with E-state index in [-0.39, 0.29) is 11.6 Å². The number of pyridine rings is 1. The Kier molecular flexibility index (Phi) is 4.78. The van der Waals surface area contributed by atoms with E-state index in [0.717, 1.165) is 5.69 Å². The van der Waals surface area contributed by atoms with Gasteiger partial charge in [0.2, 0.25) is 0 Å². The largest absolute Gasteiger partial charge is 0.322 e. The zero-order chi connectivity index (χ0) is 20.4. The zero-order valence-corrected chi connectivity index (χ0v) is 15.5. The van der Waals surface area contributed by atoms with Crippen molar-refractivity contribution in [3.8, 4) is 0 Å². The highest BCUT2D eigenvalue weighted by molar-refractivity contribution is 6.07. The van der Waals surface area contributed by atoms with Crippen LogP contribution in [0.25, 0.3) is 5.65 Å². The first-order chi connectivity index (χ1) is 14.0. The summed E-state index contributed by atoms with van der Waals surface area (Å²) in [5.41, 5.74) is 3.05. The maximum atomic E-state index is 13.3. The molecule has 4 rings (SSSR count). The number of amides is 2. The molecular weight excluding hydrogens is 371 g/mol. The summed E-state index contributed by atoms with van der Waals surface area (Å²) in [6.07, 6.45) is 1.67. The number of rotatable bonds is 4. The number of hydrogen-bond donors (Lipinski definition) is 2. The highest BCUT2D eigenvalue weighted by Crippen LogP contribution is 2.16. The summed E-state index contributed by atoms with van der Waals surface area (Å²) >= 11 is 0. The molecule has 0 saturated carbocycles. The molecule has 7 heteroatoms. The van der Waals surface area contributed by atoms with Gasteiger partial charge in [-0.2, -0.15) is 0 Å². The van der Waals surface area contributed by atoms with Crippen LogP contribution >= 0.6 is 0 Å². The number of halogens is 1. The Balaban J connectivity index is 1.51. The zero-order valence-electron chi connectivity index (χ0n) is 15.5. The monoisotopic (exact) mass is 388 g/mol. The van der Waals surface area contributed by atoms with E-state index in [1.165, 1.54) is 18.2 Å². The Labute approximate surface area is 166 Å². The third kappa shape index (κ3) is 3.98. The van der Waals surface area contributed by atoms with Crippen LogP contribution in [0.5, 0.6) is 0 Å². The SMILES string of the molecule is Cc1cccc2nc(C(=O)Nc3cccc(C(=O)Nc4cccc(F)c4)c3)cn12. The number of aromatic nitrogens is 2. The average molecular weight is 388 g/mol. The van der Waals surface area contributed by atoms with Gasteiger partial charge in [-0.1, -0.05) is 18.2 Å². The molecule has 4 aromatic rings. The lowest BCUT2D eigenvalue weighted by Crippen LogP contribution is -2.15. The van der Waals surface area contributed by atoms with E-state index in [2.05, 4.69) is 15.6 Å². The highest BCUT2D eigenvalue weighted by atomic mass is 19.1. The summed E-state index contributed by atoms with van der Waals surface area (Å²) in [5.74, 6) is -1.22. The molecule has 2 heterocycles. The van der Waals surface area contributed by atoms with Crippen LogP contribution in [-0.2, 0) is 0 Å². The van der Waals surface area contributed by atoms with E-state index in [0.29, 0.717) is 22.6 Å². The van der Waals surface area contributed by atoms with E-state index >= 15 is 0 Å². The molecule has 2 aromatic heterocycles. The molecule has 0 spiro atoms. The van der Waals surface area contributed by atoms with Crippen molar-refractivity contribution in [2.45, 2.75) is 6.92 Å². The molecular formula is C22H17FN4O2. The lowest BCUT2D eigenvalue weighted by Gasteiger charge is -2.08. The van der Waals surface area contributed by atoms with Crippen molar-refractivity contribution in [1.82, 2.24) is 9.38 Å². The van der Waals surface area contributed by atoms with Gasteiger partial charge in [-0.25, -0.2) is 9.37 Å². The molecule has 2 amide bonds. The van der Waals surface area contributed by atoms with Gasteiger partial charge in [0.25, 0.3) is 11.8 Å². The molecule has 6 nitrogen and oxygen atoms in total. The molecule has 2 aromatic carbocycles. The molecule has 0 aliphatic rings. The highest BCUT2D eigenvalue weighted by Gasteiger charge is 2.13. The predicted octanol–water partition coefficient (Wildman–Crippen LogP) is 4.29. The molecule has 0 atom stereocenters. The number of nitrogens with zero attached hydrogens (tertiary/aromatic N) is 2. The molecule has 0 fully saturated rings. The first kappa shape index (κ1) is 18.4. The number of fused-ring (bicyclic) bond motifs is 1. The maximum absolute atomic E-state index is 13.3. The summed E-state index contributed by atoms with van der Waals surface area (Å²) in [4.78, 5) is 29.3. The van der Waals surface area contributed by atoms with Crippen molar-refractivity contribution in [3.63, 3.8) is 0 Å². The first-order valence-corrected chi connectivity index (χ1v) is 8.93. The van der Waals surface area contributed by atoms with Crippen LogP contribution in [-0.4, -0.2) is 21.2 Å². The van der Waals surface area contributed by atoms with Crippen LogP contribution in [0.3, 0.4) is 0 Å². The van der Waals surface area contributed by atoms with Crippen LogP contribution in [0.1, 0.15) is 26.5 Å². The number of aryl methyl sites for hydroxylation is 1. The summed E-state index contributed by atoms with van der Waals surface area (Å²) in [7, 11) is 0. The Morgan fingerprint density at radius 2 is 1.59 bits per heavy atom. The minimum atomic E-state index is -0.438.